The van der Waals surface area contributed by atoms with E-state index in [1.165, 1.54) is 0 Å². The summed E-state index contributed by atoms with van der Waals surface area (Å²) in [6.45, 7) is 3.57. The maximum Gasteiger partial charge on any atom is 0.134 e. The number of Topliss-reactive ketones (excluding diaryl/α,β-unsaturated/α-hetero) is 1. The van der Waals surface area contributed by atoms with Crippen LogP contribution in [0.4, 0.5) is 0 Å². The molecule has 0 fully saturated rings. The molecule has 2 nitrogen and oxygen atoms in total. The average molecular weight is 257 g/mol. The fourth-order valence-electron chi connectivity index (χ4n) is 1.33. The van der Waals surface area contributed by atoms with Crippen LogP contribution in [0.25, 0.3) is 0 Å². The lowest BCUT2D eigenvalue weighted by Gasteiger charge is -2.11. The highest BCUT2D eigenvalue weighted by Crippen LogP contribution is 2.30. The molecule has 0 radical (unpaired) electrons. The molecule has 14 heavy (non-hydrogen) atoms. The Morgan fingerprint density at radius 1 is 1.50 bits per heavy atom. The van der Waals surface area contributed by atoms with Gasteiger partial charge in [0.1, 0.15) is 11.5 Å². The smallest absolute Gasteiger partial charge is 0.134 e. The molecule has 1 rings (SSSR count). The molecule has 0 amide bonds. The number of rotatable bonds is 3. The molecule has 0 saturated heterocycles. The third-order valence-electron chi connectivity index (χ3n) is 2.04. The zero-order valence-corrected chi connectivity index (χ0v) is 10.1. The van der Waals surface area contributed by atoms with Crippen LogP contribution in [0, 0.1) is 6.92 Å². The zero-order chi connectivity index (χ0) is 10.7. The van der Waals surface area contributed by atoms with Gasteiger partial charge < -0.3 is 4.74 Å². The van der Waals surface area contributed by atoms with Gasteiger partial charge in [-0.15, -0.1) is 0 Å². The molecule has 0 spiro atoms. The molecule has 0 aromatic heterocycles. The molecular weight excluding hydrogens is 244 g/mol. The van der Waals surface area contributed by atoms with Crippen LogP contribution in [0.2, 0.25) is 0 Å². The van der Waals surface area contributed by atoms with E-state index in [9.17, 15) is 4.79 Å². The fraction of sp³-hybridized carbons (Fsp3) is 0.364. The Labute approximate surface area is 92.4 Å². The number of aryl methyl sites for hydroxylation is 1. The first-order chi connectivity index (χ1) is 6.56. The molecule has 0 bridgehead atoms. The number of benzene rings is 1. The molecule has 0 saturated carbocycles. The van der Waals surface area contributed by atoms with Crippen LogP contribution >= 0.6 is 15.9 Å². The van der Waals surface area contributed by atoms with Crippen molar-refractivity contribution in [3.63, 3.8) is 0 Å². The normalized spacial score (nSPS) is 10.0. The van der Waals surface area contributed by atoms with Gasteiger partial charge in [-0.1, -0.05) is 22.0 Å². The van der Waals surface area contributed by atoms with Crippen LogP contribution in [-0.2, 0) is 11.2 Å². The van der Waals surface area contributed by atoms with Crippen LogP contribution in [0.1, 0.15) is 18.1 Å². The SMILES string of the molecule is COc1ccc(C)c(Br)c1CC(C)=O. The molecule has 0 atom stereocenters. The first-order valence-corrected chi connectivity index (χ1v) is 5.17. The Balaban J connectivity index is 3.20. The highest BCUT2D eigenvalue weighted by atomic mass is 79.9. The minimum atomic E-state index is 0.134. The third-order valence-corrected chi connectivity index (χ3v) is 3.14. The van der Waals surface area contributed by atoms with Crippen molar-refractivity contribution in [3.05, 3.63) is 27.7 Å². The predicted molar refractivity (Wildman–Crippen MR) is 59.8 cm³/mol. The summed E-state index contributed by atoms with van der Waals surface area (Å²) in [6.07, 6.45) is 0.408. The van der Waals surface area contributed by atoms with Gasteiger partial charge in [0.05, 0.1) is 7.11 Å². The van der Waals surface area contributed by atoms with Gasteiger partial charge in [-0.25, -0.2) is 0 Å². The first kappa shape index (κ1) is 11.2. The highest BCUT2D eigenvalue weighted by Gasteiger charge is 2.11. The van der Waals surface area contributed by atoms with Crippen molar-refractivity contribution in [2.45, 2.75) is 20.3 Å². The minimum absolute atomic E-state index is 0.134. The van der Waals surface area contributed by atoms with E-state index in [2.05, 4.69) is 15.9 Å². The number of halogens is 1. The lowest BCUT2D eigenvalue weighted by molar-refractivity contribution is -0.116. The standard InChI is InChI=1S/C11H13BrO2/c1-7-4-5-10(14-3)9(11(7)12)6-8(2)13/h4-5H,6H2,1-3H3. The lowest BCUT2D eigenvalue weighted by atomic mass is 10.1. The number of hydrogen-bond donors (Lipinski definition) is 0. The van der Waals surface area contributed by atoms with Gasteiger partial charge in [0.2, 0.25) is 0 Å². The molecule has 0 aliphatic rings. The maximum absolute atomic E-state index is 11.1. The summed E-state index contributed by atoms with van der Waals surface area (Å²) in [6, 6.07) is 3.85. The monoisotopic (exact) mass is 256 g/mol. The van der Waals surface area contributed by atoms with E-state index in [0.29, 0.717) is 6.42 Å². The van der Waals surface area contributed by atoms with Crippen LogP contribution in [-0.4, -0.2) is 12.9 Å². The van der Waals surface area contributed by atoms with Crippen LogP contribution < -0.4 is 4.74 Å². The Bertz CT molecular complexity index is 359. The fourth-order valence-corrected chi connectivity index (χ4v) is 1.79. The average Bonchev–Trinajstić information content (AvgIpc) is 2.13. The van der Waals surface area contributed by atoms with Crippen molar-refractivity contribution in [3.8, 4) is 5.75 Å². The zero-order valence-electron chi connectivity index (χ0n) is 8.56. The minimum Gasteiger partial charge on any atom is -0.496 e. The number of ether oxygens (including phenoxy) is 1. The molecule has 0 N–H and O–H groups in total. The van der Waals surface area contributed by atoms with Gasteiger partial charge >= 0.3 is 0 Å². The third kappa shape index (κ3) is 2.35. The van der Waals surface area contributed by atoms with Gasteiger partial charge in [-0.3, -0.25) is 4.79 Å². The van der Waals surface area contributed by atoms with E-state index in [0.717, 1.165) is 21.3 Å². The van der Waals surface area contributed by atoms with Gasteiger partial charge in [0.15, 0.2) is 0 Å². The highest BCUT2D eigenvalue weighted by molar-refractivity contribution is 9.10. The second kappa shape index (κ2) is 4.60. The summed E-state index contributed by atoms with van der Waals surface area (Å²) in [5, 5.41) is 0. The van der Waals surface area contributed by atoms with Gasteiger partial charge in [-0.2, -0.15) is 0 Å². The molecule has 1 aromatic rings. The van der Waals surface area contributed by atoms with E-state index in [4.69, 9.17) is 4.74 Å². The predicted octanol–water partition coefficient (Wildman–Crippen LogP) is 2.90. The maximum atomic E-state index is 11.1. The van der Waals surface area contributed by atoms with Crippen LogP contribution in [0.3, 0.4) is 0 Å². The summed E-state index contributed by atoms with van der Waals surface area (Å²) in [5.41, 5.74) is 2.04. The number of methoxy groups -OCH3 is 1. The Hall–Kier alpha value is -0.830. The molecule has 1 aromatic carbocycles. The topological polar surface area (TPSA) is 26.3 Å². The number of carbonyl (C=O) groups excluding carboxylic acids is 1. The number of carbonyl (C=O) groups is 1. The second-order valence-corrected chi connectivity index (χ2v) is 4.05. The lowest BCUT2D eigenvalue weighted by Crippen LogP contribution is -2.01. The molecule has 76 valence electrons. The van der Waals surface area contributed by atoms with Gasteiger partial charge in [-0.05, 0) is 25.5 Å². The van der Waals surface area contributed by atoms with E-state index in [1.807, 2.05) is 19.1 Å². The summed E-state index contributed by atoms with van der Waals surface area (Å²) in [5.74, 6) is 0.896. The molecule has 3 heteroatoms. The van der Waals surface area contributed by atoms with Crippen molar-refractivity contribution in [1.82, 2.24) is 0 Å². The summed E-state index contributed by atoms with van der Waals surface area (Å²) >= 11 is 3.47. The quantitative estimate of drug-likeness (QED) is 0.832. The first-order valence-electron chi connectivity index (χ1n) is 4.37. The van der Waals surface area contributed by atoms with E-state index < -0.39 is 0 Å². The number of ketones is 1. The molecule has 0 aliphatic heterocycles. The Kier molecular flexibility index (Phi) is 3.69. The van der Waals surface area contributed by atoms with E-state index in [-0.39, 0.29) is 5.78 Å². The Morgan fingerprint density at radius 2 is 2.14 bits per heavy atom. The van der Waals surface area contributed by atoms with E-state index in [1.54, 1.807) is 14.0 Å². The molecular formula is C11H13BrO2. The second-order valence-electron chi connectivity index (χ2n) is 3.26. The molecule has 0 aliphatic carbocycles. The van der Waals surface area contributed by atoms with Crippen molar-refractivity contribution in [1.29, 1.82) is 0 Å². The summed E-state index contributed by atoms with van der Waals surface area (Å²) in [4.78, 5) is 11.1. The Morgan fingerprint density at radius 3 is 2.64 bits per heavy atom. The van der Waals surface area contributed by atoms with Crippen molar-refractivity contribution in [2.24, 2.45) is 0 Å². The molecule has 0 heterocycles. The summed E-state index contributed by atoms with van der Waals surface area (Å²) < 4.78 is 6.16. The van der Waals surface area contributed by atoms with Crippen molar-refractivity contribution in [2.75, 3.05) is 7.11 Å². The van der Waals surface area contributed by atoms with Crippen LogP contribution in [0.15, 0.2) is 16.6 Å². The summed E-state index contributed by atoms with van der Waals surface area (Å²) in [7, 11) is 1.61. The van der Waals surface area contributed by atoms with Gasteiger partial charge in [0, 0.05) is 16.5 Å². The van der Waals surface area contributed by atoms with Gasteiger partial charge in [0.25, 0.3) is 0 Å². The van der Waals surface area contributed by atoms with Crippen LogP contribution in [0.5, 0.6) is 5.75 Å². The van der Waals surface area contributed by atoms with Crippen molar-refractivity contribution < 1.29 is 9.53 Å². The largest absolute Gasteiger partial charge is 0.496 e. The van der Waals surface area contributed by atoms with Crippen molar-refractivity contribution >= 4 is 21.7 Å². The number of hydrogen-bond acceptors (Lipinski definition) is 2. The van der Waals surface area contributed by atoms with E-state index >= 15 is 0 Å². The molecule has 0 unspecified atom stereocenters.